The van der Waals surface area contributed by atoms with Gasteiger partial charge in [-0.05, 0) is 55.7 Å². The standard InChI is InChI=1S/C25H29ClFN3O4S/c1-3-34-24-12-18(23(13-22(24)26)28-35(2,32)33)6-11-25(31)30-20-9-10-21(30)16-29(15-20)14-17-4-7-19(27)8-5-17/h4-8,11-13,20-21,28H,3,9-10,14-16H2,1-2H3/b11-6+. The quantitative estimate of drug-likeness (QED) is 0.528. The van der Waals surface area contributed by atoms with Crippen LogP contribution in [0.3, 0.4) is 0 Å². The first-order valence-corrected chi connectivity index (χ1v) is 13.8. The number of halogens is 2. The molecule has 0 aromatic heterocycles. The van der Waals surface area contributed by atoms with E-state index in [1.807, 2.05) is 11.8 Å². The van der Waals surface area contributed by atoms with Crippen molar-refractivity contribution in [2.75, 3.05) is 30.7 Å². The van der Waals surface area contributed by atoms with Gasteiger partial charge < -0.3 is 9.64 Å². The zero-order chi connectivity index (χ0) is 25.2. The number of likely N-dealkylation sites (tertiary alicyclic amines) is 1. The van der Waals surface area contributed by atoms with E-state index in [2.05, 4.69) is 9.62 Å². The van der Waals surface area contributed by atoms with Gasteiger partial charge in [0.25, 0.3) is 0 Å². The Balaban J connectivity index is 1.49. The van der Waals surface area contributed by atoms with Crippen molar-refractivity contribution < 1.29 is 22.3 Å². The maximum absolute atomic E-state index is 13.2. The third-order valence-corrected chi connectivity index (χ3v) is 7.12. The van der Waals surface area contributed by atoms with Gasteiger partial charge in [-0.15, -0.1) is 0 Å². The highest BCUT2D eigenvalue weighted by atomic mass is 35.5. The molecule has 188 valence electrons. The monoisotopic (exact) mass is 521 g/mol. The van der Waals surface area contributed by atoms with Gasteiger partial charge in [0.15, 0.2) is 0 Å². The Hall–Kier alpha value is -2.62. The number of piperazine rings is 1. The lowest BCUT2D eigenvalue weighted by Crippen LogP contribution is -2.55. The van der Waals surface area contributed by atoms with Crippen molar-refractivity contribution in [1.82, 2.24) is 9.80 Å². The summed E-state index contributed by atoms with van der Waals surface area (Å²) in [7, 11) is -3.55. The topological polar surface area (TPSA) is 79.0 Å². The molecule has 2 aliphatic heterocycles. The van der Waals surface area contributed by atoms with Crippen molar-refractivity contribution >= 4 is 39.3 Å². The minimum Gasteiger partial charge on any atom is -0.492 e. The molecular formula is C25H29ClFN3O4S. The summed E-state index contributed by atoms with van der Waals surface area (Å²) in [6.07, 6.45) is 5.99. The summed E-state index contributed by atoms with van der Waals surface area (Å²) in [5.41, 5.74) is 1.81. The van der Waals surface area contributed by atoms with Crippen LogP contribution in [0.4, 0.5) is 10.1 Å². The molecule has 0 saturated carbocycles. The number of sulfonamides is 1. The number of amides is 1. The molecule has 0 radical (unpaired) electrons. The molecule has 2 fully saturated rings. The normalized spacial score (nSPS) is 20.4. The van der Waals surface area contributed by atoms with Gasteiger partial charge in [-0.25, -0.2) is 12.8 Å². The van der Waals surface area contributed by atoms with Gasteiger partial charge in [-0.2, -0.15) is 0 Å². The molecule has 1 amide bonds. The third-order valence-electron chi connectivity index (χ3n) is 6.24. The lowest BCUT2D eigenvalue weighted by Gasteiger charge is -2.40. The second-order valence-electron chi connectivity index (χ2n) is 8.96. The van der Waals surface area contributed by atoms with Crippen LogP contribution in [0, 0.1) is 5.82 Å². The van der Waals surface area contributed by atoms with Gasteiger partial charge in [0.05, 0.1) is 23.6 Å². The Morgan fingerprint density at radius 1 is 1.20 bits per heavy atom. The SMILES string of the molecule is CCOc1cc(/C=C/C(=O)N2C3CCC2CN(Cc2ccc(F)cc2)C3)c(NS(C)(=O)=O)cc1Cl. The van der Waals surface area contributed by atoms with E-state index >= 15 is 0 Å². The molecular weight excluding hydrogens is 493 g/mol. The smallest absolute Gasteiger partial charge is 0.247 e. The number of carbonyl (C=O) groups is 1. The van der Waals surface area contributed by atoms with E-state index in [-0.39, 0.29) is 34.5 Å². The van der Waals surface area contributed by atoms with E-state index in [0.29, 0.717) is 17.9 Å². The molecule has 35 heavy (non-hydrogen) atoms. The average Bonchev–Trinajstić information content (AvgIpc) is 3.05. The largest absolute Gasteiger partial charge is 0.492 e. The van der Waals surface area contributed by atoms with Crippen LogP contribution in [0.2, 0.25) is 5.02 Å². The fraction of sp³-hybridized carbons (Fsp3) is 0.400. The molecule has 2 aliphatic rings. The fourth-order valence-corrected chi connectivity index (χ4v) is 5.63. The number of fused-ring (bicyclic) bond motifs is 2. The van der Waals surface area contributed by atoms with Crippen molar-refractivity contribution in [3.8, 4) is 5.75 Å². The second kappa shape index (κ2) is 10.6. The van der Waals surface area contributed by atoms with Crippen molar-refractivity contribution in [2.45, 2.75) is 38.4 Å². The predicted molar refractivity (Wildman–Crippen MR) is 135 cm³/mol. The predicted octanol–water partition coefficient (Wildman–Crippen LogP) is 4.14. The number of rotatable bonds is 8. The number of hydrogen-bond acceptors (Lipinski definition) is 5. The minimum atomic E-state index is -3.55. The molecule has 0 spiro atoms. The molecule has 2 atom stereocenters. The van der Waals surface area contributed by atoms with Crippen LogP contribution in [-0.2, 0) is 21.4 Å². The molecule has 7 nitrogen and oxygen atoms in total. The van der Waals surface area contributed by atoms with E-state index in [4.69, 9.17) is 16.3 Å². The van der Waals surface area contributed by atoms with Crippen LogP contribution in [0.5, 0.6) is 5.75 Å². The van der Waals surface area contributed by atoms with Crippen LogP contribution in [0.15, 0.2) is 42.5 Å². The molecule has 2 unspecified atom stereocenters. The van der Waals surface area contributed by atoms with Crippen molar-refractivity contribution in [1.29, 1.82) is 0 Å². The molecule has 2 aromatic carbocycles. The highest BCUT2D eigenvalue weighted by Crippen LogP contribution is 2.34. The van der Waals surface area contributed by atoms with Crippen LogP contribution in [0.1, 0.15) is 30.9 Å². The van der Waals surface area contributed by atoms with Crippen molar-refractivity contribution in [3.63, 3.8) is 0 Å². The maximum Gasteiger partial charge on any atom is 0.247 e. The number of ether oxygens (including phenoxy) is 1. The summed E-state index contributed by atoms with van der Waals surface area (Å²) in [6, 6.07) is 9.83. The summed E-state index contributed by atoms with van der Waals surface area (Å²) in [5, 5.41) is 0.275. The molecule has 10 heteroatoms. The number of anilines is 1. The second-order valence-corrected chi connectivity index (χ2v) is 11.1. The van der Waals surface area contributed by atoms with Crippen molar-refractivity contribution in [2.24, 2.45) is 0 Å². The summed E-state index contributed by atoms with van der Waals surface area (Å²) < 4.78 is 44.8. The summed E-state index contributed by atoms with van der Waals surface area (Å²) in [5.74, 6) is 0.0481. The Labute approximate surface area is 210 Å². The first-order valence-electron chi connectivity index (χ1n) is 11.5. The van der Waals surface area contributed by atoms with E-state index in [9.17, 15) is 17.6 Å². The molecule has 2 saturated heterocycles. The summed E-state index contributed by atoms with van der Waals surface area (Å²) in [6.45, 7) is 4.44. The van der Waals surface area contributed by atoms with Gasteiger partial charge >= 0.3 is 0 Å². The van der Waals surface area contributed by atoms with Crippen LogP contribution >= 0.6 is 11.6 Å². The zero-order valence-electron chi connectivity index (χ0n) is 19.7. The zero-order valence-corrected chi connectivity index (χ0v) is 21.3. The van der Waals surface area contributed by atoms with Crippen LogP contribution in [-0.4, -0.2) is 62.2 Å². The van der Waals surface area contributed by atoms with Gasteiger partial charge in [0.1, 0.15) is 11.6 Å². The Bertz CT molecular complexity index is 1210. The Kier molecular flexibility index (Phi) is 7.68. The minimum absolute atomic E-state index is 0.101. The molecule has 0 aliphatic carbocycles. The van der Waals surface area contributed by atoms with Crippen molar-refractivity contribution in [3.05, 3.63) is 64.4 Å². The Morgan fingerprint density at radius 3 is 2.46 bits per heavy atom. The van der Waals surface area contributed by atoms with E-state index < -0.39 is 10.0 Å². The van der Waals surface area contributed by atoms with Crippen LogP contribution < -0.4 is 9.46 Å². The number of hydrogen-bond donors (Lipinski definition) is 1. The van der Waals surface area contributed by atoms with E-state index in [1.165, 1.54) is 24.3 Å². The van der Waals surface area contributed by atoms with E-state index in [1.54, 1.807) is 24.3 Å². The third kappa shape index (κ3) is 6.34. The lowest BCUT2D eigenvalue weighted by molar-refractivity contribution is -0.131. The van der Waals surface area contributed by atoms with Gasteiger partial charge in [0.2, 0.25) is 15.9 Å². The lowest BCUT2D eigenvalue weighted by atomic mass is 10.1. The van der Waals surface area contributed by atoms with Gasteiger partial charge in [-0.3, -0.25) is 14.4 Å². The molecule has 2 aromatic rings. The molecule has 2 heterocycles. The summed E-state index contributed by atoms with van der Waals surface area (Å²) in [4.78, 5) is 17.4. The number of carbonyl (C=O) groups excluding carboxylic acids is 1. The number of benzene rings is 2. The Morgan fingerprint density at radius 2 is 1.86 bits per heavy atom. The van der Waals surface area contributed by atoms with E-state index in [0.717, 1.165) is 44.3 Å². The first-order chi connectivity index (χ1) is 16.6. The summed E-state index contributed by atoms with van der Waals surface area (Å²) >= 11 is 6.24. The molecule has 2 bridgehead atoms. The highest BCUT2D eigenvalue weighted by Gasteiger charge is 2.41. The number of nitrogens with zero attached hydrogens (tertiary/aromatic N) is 2. The first kappa shape index (κ1) is 25.5. The maximum atomic E-state index is 13.2. The highest BCUT2D eigenvalue weighted by molar-refractivity contribution is 7.92. The average molecular weight is 522 g/mol. The molecule has 4 rings (SSSR count). The molecule has 1 N–H and O–H groups in total. The number of nitrogens with one attached hydrogen (secondary N) is 1. The van der Waals surface area contributed by atoms with Gasteiger partial charge in [0, 0.05) is 43.4 Å². The van der Waals surface area contributed by atoms with Crippen LogP contribution in [0.25, 0.3) is 6.08 Å². The van der Waals surface area contributed by atoms with Gasteiger partial charge in [-0.1, -0.05) is 23.7 Å². The fourth-order valence-electron chi connectivity index (χ4n) is 4.84.